The molecule has 0 unspecified atom stereocenters. The SMILES string of the molecule is CC(=O)Nc1ccccc1CNc1cc(F)c(Br)cc1F. The van der Waals surface area contributed by atoms with Crippen LogP contribution in [0.15, 0.2) is 40.9 Å². The molecule has 0 atom stereocenters. The summed E-state index contributed by atoms with van der Waals surface area (Å²) < 4.78 is 27.2. The van der Waals surface area contributed by atoms with Crippen LogP contribution in [0.1, 0.15) is 12.5 Å². The lowest BCUT2D eigenvalue weighted by Crippen LogP contribution is -2.10. The van der Waals surface area contributed by atoms with Crippen molar-refractivity contribution in [3.8, 4) is 0 Å². The summed E-state index contributed by atoms with van der Waals surface area (Å²) in [4.78, 5) is 11.1. The van der Waals surface area contributed by atoms with E-state index < -0.39 is 11.6 Å². The standard InChI is InChI=1S/C15H13BrF2N2O/c1-9(21)20-14-5-3-2-4-10(14)8-19-15-7-12(17)11(16)6-13(15)18/h2-7,19H,8H2,1H3,(H,20,21). The van der Waals surface area contributed by atoms with E-state index >= 15 is 0 Å². The Morgan fingerprint density at radius 2 is 1.86 bits per heavy atom. The van der Waals surface area contributed by atoms with Gasteiger partial charge in [0.15, 0.2) is 0 Å². The second kappa shape index (κ2) is 6.67. The highest BCUT2D eigenvalue weighted by Gasteiger charge is 2.09. The monoisotopic (exact) mass is 354 g/mol. The minimum Gasteiger partial charge on any atom is -0.378 e. The number of amides is 1. The Morgan fingerprint density at radius 1 is 1.14 bits per heavy atom. The molecule has 2 rings (SSSR count). The normalized spacial score (nSPS) is 10.3. The van der Waals surface area contributed by atoms with E-state index in [0.29, 0.717) is 5.69 Å². The van der Waals surface area contributed by atoms with Crippen LogP contribution in [0.2, 0.25) is 0 Å². The smallest absolute Gasteiger partial charge is 0.221 e. The van der Waals surface area contributed by atoms with Crippen molar-refractivity contribution in [1.29, 1.82) is 0 Å². The molecule has 0 spiro atoms. The molecule has 2 N–H and O–H groups in total. The van der Waals surface area contributed by atoms with Crippen molar-refractivity contribution in [2.45, 2.75) is 13.5 Å². The number of halogens is 3. The van der Waals surface area contributed by atoms with Gasteiger partial charge in [-0.1, -0.05) is 18.2 Å². The average molecular weight is 355 g/mol. The average Bonchev–Trinajstić information content (AvgIpc) is 2.42. The van der Waals surface area contributed by atoms with Crippen LogP contribution in [0.25, 0.3) is 0 Å². The lowest BCUT2D eigenvalue weighted by molar-refractivity contribution is -0.114. The van der Waals surface area contributed by atoms with Crippen LogP contribution >= 0.6 is 15.9 Å². The van der Waals surface area contributed by atoms with Gasteiger partial charge in [0, 0.05) is 25.2 Å². The number of hydrogen-bond donors (Lipinski definition) is 2. The van der Waals surface area contributed by atoms with E-state index in [-0.39, 0.29) is 22.6 Å². The molecule has 0 bridgehead atoms. The molecule has 0 saturated carbocycles. The Kier molecular flexibility index (Phi) is 4.90. The van der Waals surface area contributed by atoms with Gasteiger partial charge in [0.1, 0.15) is 11.6 Å². The fraction of sp³-hybridized carbons (Fsp3) is 0.133. The zero-order valence-electron chi connectivity index (χ0n) is 11.2. The third-order valence-corrected chi connectivity index (χ3v) is 3.42. The first kappa shape index (κ1) is 15.4. The lowest BCUT2D eigenvalue weighted by Gasteiger charge is -2.12. The molecule has 110 valence electrons. The zero-order valence-corrected chi connectivity index (χ0v) is 12.8. The minimum absolute atomic E-state index is 0.0633. The Labute approximate surface area is 129 Å². The van der Waals surface area contributed by atoms with E-state index in [4.69, 9.17) is 0 Å². The van der Waals surface area contributed by atoms with E-state index in [9.17, 15) is 13.6 Å². The molecular weight excluding hydrogens is 342 g/mol. The minimum atomic E-state index is -0.555. The van der Waals surface area contributed by atoms with Gasteiger partial charge < -0.3 is 10.6 Å². The molecule has 0 aliphatic carbocycles. The molecule has 2 aromatic rings. The molecule has 0 saturated heterocycles. The highest BCUT2D eigenvalue weighted by atomic mass is 79.9. The highest BCUT2D eigenvalue weighted by Crippen LogP contribution is 2.24. The predicted molar refractivity (Wildman–Crippen MR) is 82.1 cm³/mol. The van der Waals surface area contributed by atoms with Crippen molar-refractivity contribution in [3.05, 3.63) is 58.1 Å². The number of benzene rings is 2. The molecule has 1 amide bonds. The summed E-state index contributed by atoms with van der Waals surface area (Å²) in [5.74, 6) is -1.29. The van der Waals surface area contributed by atoms with Crippen molar-refractivity contribution in [1.82, 2.24) is 0 Å². The quantitative estimate of drug-likeness (QED) is 0.803. The molecule has 3 nitrogen and oxygen atoms in total. The Morgan fingerprint density at radius 3 is 2.57 bits per heavy atom. The van der Waals surface area contributed by atoms with Gasteiger partial charge in [-0.3, -0.25) is 4.79 Å². The van der Waals surface area contributed by atoms with E-state index in [1.54, 1.807) is 24.3 Å². The van der Waals surface area contributed by atoms with Crippen LogP contribution in [0.5, 0.6) is 0 Å². The maximum atomic E-state index is 13.7. The van der Waals surface area contributed by atoms with E-state index in [1.807, 2.05) is 0 Å². The van der Waals surface area contributed by atoms with E-state index in [2.05, 4.69) is 26.6 Å². The van der Waals surface area contributed by atoms with Crippen LogP contribution in [0.3, 0.4) is 0 Å². The molecule has 2 aromatic carbocycles. The first-order valence-corrected chi connectivity index (χ1v) is 7.00. The van der Waals surface area contributed by atoms with Crippen LogP contribution in [0, 0.1) is 11.6 Å². The third-order valence-electron chi connectivity index (χ3n) is 2.81. The van der Waals surface area contributed by atoms with E-state index in [1.165, 1.54) is 6.92 Å². The van der Waals surface area contributed by atoms with Crippen LogP contribution in [-0.2, 0) is 11.3 Å². The van der Waals surface area contributed by atoms with Crippen molar-refractivity contribution in [2.75, 3.05) is 10.6 Å². The molecule has 0 radical (unpaired) electrons. The Bertz CT molecular complexity index is 677. The molecule has 21 heavy (non-hydrogen) atoms. The van der Waals surface area contributed by atoms with Gasteiger partial charge in [0.25, 0.3) is 0 Å². The number of anilines is 2. The molecule has 0 heterocycles. The zero-order chi connectivity index (χ0) is 15.4. The van der Waals surface area contributed by atoms with Crippen molar-refractivity contribution >= 4 is 33.2 Å². The molecule has 6 heteroatoms. The van der Waals surface area contributed by atoms with Gasteiger partial charge >= 0.3 is 0 Å². The topological polar surface area (TPSA) is 41.1 Å². The summed E-state index contributed by atoms with van der Waals surface area (Å²) in [7, 11) is 0. The number of para-hydroxylation sites is 1. The fourth-order valence-corrected chi connectivity index (χ4v) is 2.15. The first-order valence-electron chi connectivity index (χ1n) is 6.21. The highest BCUT2D eigenvalue weighted by molar-refractivity contribution is 9.10. The summed E-state index contributed by atoms with van der Waals surface area (Å²) in [5, 5.41) is 5.51. The molecular formula is C15H13BrF2N2O. The molecule has 0 aromatic heterocycles. The Hall–Kier alpha value is -1.95. The molecule has 0 aliphatic heterocycles. The predicted octanol–water partition coefficient (Wildman–Crippen LogP) is 4.30. The number of nitrogens with one attached hydrogen (secondary N) is 2. The maximum absolute atomic E-state index is 13.7. The summed E-state index contributed by atoms with van der Waals surface area (Å²) in [6, 6.07) is 9.29. The van der Waals surface area contributed by atoms with Gasteiger partial charge in [0.05, 0.1) is 10.2 Å². The van der Waals surface area contributed by atoms with Gasteiger partial charge in [-0.2, -0.15) is 0 Å². The number of carbonyl (C=O) groups excluding carboxylic acids is 1. The summed E-state index contributed by atoms with van der Waals surface area (Å²) in [6.07, 6.45) is 0. The van der Waals surface area contributed by atoms with E-state index in [0.717, 1.165) is 17.7 Å². The van der Waals surface area contributed by atoms with Gasteiger partial charge in [-0.05, 0) is 33.6 Å². The number of rotatable bonds is 4. The van der Waals surface area contributed by atoms with Gasteiger partial charge in [-0.25, -0.2) is 8.78 Å². The van der Waals surface area contributed by atoms with Gasteiger partial charge in [0.2, 0.25) is 5.91 Å². The summed E-state index contributed by atoms with van der Waals surface area (Å²) in [5.41, 5.74) is 1.47. The first-order chi connectivity index (χ1) is 9.97. The van der Waals surface area contributed by atoms with Crippen molar-refractivity contribution < 1.29 is 13.6 Å². The second-order valence-electron chi connectivity index (χ2n) is 4.44. The number of hydrogen-bond acceptors (Lipinski definition) is 2. The van der Waals surface area contributed by atoms with Crippen molar-refractivity contribution in [2.24, 2.45) is 0 Å². The fourth-order valence-electron chi connectivity index (χ4n) is 1.83. The van der Waals surface area contributed by atoms with Crippen LogP contribution in [-0.4, -0.2) is 5.91 Å². The van der Waals surface area contributed by atoms with Crippen molar-refractivity contribution in [3.63, 3.8) is 0 Å². The lowest BCUT2D eigenvalue weighted by atomic mass is 10.1. The third kappa shape index (κ3) is 4.01. The summed E-state index contributed by atoms with van der Waals surface area (Å²) >= 11 is 2.92. The van der Waals surface area contributed by atoms with Crippen LogP contribution < -0.4 is 10.6 Å². The number of carbonyl (C=O) groups is 1. The molecule has 0 aliphatic rings. The molecule has 0 fully saturated rings. The summed E-state index contributed by atoms with van der Waals surface area (Å²) in [6.45, 7) is 1.67. The largest absolute Gasteiger partial charge is 0.378 e. The van der Waals surface area contributed by atoms with Crippen LogP contribution in [0.4, 0.5) is 20.2 Å². The van der Waals surface area contributed by atoms with Gasteiger partial charge in [-0.15, -0.1) is 0 Å². The Balaban J connectivity index is 2.17. The maximum Gasteiger partial charge on any atom is 0.221 e. The second-order valence-corrected chi connectivity index (χ2v) is 5.29.